The van der Waals surface area contributed by atoms with Crippen molar-refractivity contribution in [2.24, 2.45) is 0 Å². The molecule has 0 aliphatic heterocycles. The molecule has 2 aliphatic carbocycles. The van der Waals surface area contributed by atoms with Crippen molar-refractivity contribution in [1.82, 2.24) is 0 Å². The molecule has 2 heteroatoms. The normalized spacial score (nSPS) is 14.5. The van der Waals surface area contributed by atoms with Gasteiger partial charge < -0.3 is 9.80 Å². The molecule has 0 radical (unpaired) electrons. The smallest absolute Gasteiger partial charge is 0.0726 e. The van der Waals surface area contributed by atoms with Crippen molar-refractivity contribution in [3.8, 4) is 22.3 Å². The van der Waals surface area contributed by atoms with Crippen LogP contribution in [0.1, 0.15) is 22.3 Å². The van der Waals surface area contributed by atoms with Gasteiger partial charge in [0.15, 0.2) is 0 Å². The average molecular weight is 751 g/mol. The zero-order valence-electron chi connectivity index (χ0n) is 32.3. The fraction of sp³-hybridized carbons (Fsp3) is 0.0175. The Morgan fingerprint density at radius 2 is 0.763 bits per heavy atom. The Labute approximate surface area is 344 Å². The lowest BCUT2D eigenvalue weighted by atomic mass is 9.70. The van der Waals surface area contributed by atoms with Gasteiger partial charge in [-0.05, 0) is 127 Å². The van der Waals surface area contributed by atoms with Crippen molar-refractivity contribution < 1.29 is 0 Å². The van der Waals surface area contributed by atoms with Crippen molar-refractivity contribution in [2.75, 3.05) is 9.80 Å². The number of hydrogen-bond acceptors (Lipinski definition) is 2. The molecule has 59 heavy (non-hydrogen) atoms. The van der Waals surface area contributed by atoms with E-state index in [9.17, 15) is 0 Å². The number of hydrogen-bond donors (Lipinski definition) is 0. The van der Waals surface area contributed by atoms with E-state index in [1.54, 1.807) is 0 Å². The molecule has 2 aliphatic rings. The molecule has 2 nitrogen and oxygen atoms in total. The Morgan fingerprint density at radius 3 is 1.46 bits per heavy atom. The Hall–Kier alpha value is -7.68. The standard InChI is InChI=1S/C57H38N2/c1-4-20-41(21-5-1)58(44-33-32-39-18-10-11-19-40(39)36-44)45-34-35-53-50(37-45)46-26-14-16-30-51(46)57(53)52-31-17-15-29-49(52)56-48-28-13-12-27-47(48)55(38-54(56)57)59(42-22-6-2-7-23-42)43-24-8-3-9-25-43/h1-38H. The topological polar surface area (TPSA) is 6.48 Å². The predicted molar refractivity (Wildman–Crippen MR) is 247 cm³/mol. The molecule has 1 spiro atoms. The summed E-state index contributed by atoms with van der Waals surface area (Å²) >= 11 is 0. The summed E-state index contributed by atoms with van der Waals surface area (Å²) in [5.41, 5.74) is 16.7. The predicted octanol–water partition coefficient (Wildman–Crippen LogP) is 15.3. The van der Waals surface area contributed by atoms with E-state index < -0.39 is 5.41 Å². The van der Waals surface area contributed by atoms with Crippen LogP contribution in [0.2, 0.25) is 0 Å². The third-order valence-corrected chi connectivity index (χ3v) is 12.6. The SMILES string of the molecule is c1ccc(N(c2ccc3c(c2)-c2ccccc2C32c3ccccc3-c3c2cc(N(c2ccccc2)c2ccccc2)c2ccccc32)c2ccc3ccccc3c2)cc1. The van der Waals surface area contributed by atoms with E-state index in [-0.39, 0.29) is 0 Å². The van der Waals surface area contributed by atoms with E-state index in [0.29, 0.717) is 0 Å². The van der Waals surface area contributed by atoms with Gasteiger partial charge in [0, 0.05) is 33.8 Å². The molecule has 0 aromatic heterocycles. The molecule has 10 aromatic rings. The minimum atomic E-state index is -0.533. The van der Waals surface area contributed by atoms with E-state index in [1.807, 2.05) is 0 Å². The summed E-state index contributed by atoms with van der Waals surface area (Å²) in [5.74, 6) is 0. The molecular formula is C57H38N2. The summed E-state index contributed by atoms with van der Waals surface area (Å²) in [5, 5.41) is 4.94. The van der Waals surface area contributed by atoms with E-state index in [4.69, 9.17) is 0 Å². The van der Waals surface area contributed by atoms with Crippen LogP contribution < -0.4 is 9.80 Å². The number of anilines is 6. The van der Waals surface area contributed by atoms with Gasteiger partial charge in [0.1, 0.15) is 0 Å². The van der Waals surface area contributed by atoms with Crippen molar-refractivity contribution in [3.05, 3.63) is 253 Å². The van der Waals surface area contributed by atoms with Crippen LogP contribution in [0.15, 0.2) is 231 Å². The van der Waals surface area contributed by atoms with E-state index in [1.165, 1.54) is 66.1 Å². The first-order chi connectivity index (χ1) is 29.3. The lowest BCUT2D eigenvalue weighted by molar-refractivity contribution is 0.794. The summed E-state index contributed by atoms with van der Waals surface area (Å²) in [6.45, 7) is 0. The van der Waals surface area contributed by atoms with Gasteiger partial charge in [0.05, 0.1) is 11.1 Å². The fourth-order valence-electron chi connectivity index (χ4n) is 10.2. The molecule has 12 rings (SSSR count). The number of rotatable bonds is 6. The molecule has 0 N–H and O–H groups in total. The van der Waals surface area contributed by atoms with Gasteiger partial charge in [-0.15, -0.1) is 0 Å². The van der Waals surface area contributed by atoms with Gasteiger partial charge in [-0.25, -0.2) is 0 Å². The van der Waals surface area contributed by atoms with E-state index in [0.717, 1.165) is 34.1 Å². The monoisotopic (exact) mass is 750 g/mol. The van der Waals surface area contributed by atoms with Gasteiger partial charge in [0.25, 0.3) is 0 Å². The molecular weight excluding hydrogens is 713 g/mol. The number of benzene rings is 10. The zero-order valence-corrected chi connectivity index (χ0v) is 32.3. The maximum atomic E-state index is 2.52. The second-order valence-corrected chi connectivity index (χ2v) is 15.6. The molecule has 10 aromatic carbocycles. The summed E-state index contributed by atoms with van der Waals surface area (Å²) in [7, 11) is 0. The van der Waals surface area contributed by atoms with Gasteiger partial charge in [-0.3, -0.25) is 0 Å². The fourth-order valence-corrected chi connectivity index (χ4v) is 10.2. The van der Waals surface area contributed by atoms with E-state index >= 15 is 0 Å². The maximum absolute atomic E-state index is 2.52. The van der Waals surface area contributed by atoms with Gasteiger partial charge >= 0.3 is 0 Å². The van der Waals surface area contributed by atoms with Crippen molar-refractivity contribution >= 4 is 55.7 Å². The van der Waals surface area contributed by atoms with Crippen molar-refractivity contribution in [2.45, 2.75) is 5.41 Å². The van der Waals surface area contributed by atoms with E-state index in [2.05, 4.69) is 240 Å². The number of nitrogens with zero attached hydrogens (tertiary/aromatic N) is 2. The average Bonchev–Trinajstić information content (AvgIpc) is 3.77. The van der Waals surface area contributed by atoms with Crippen LogP contribution in [0.25, 0.3) is 43.8 Å². The lowest BCUT2D eigenvalue weighted by Gasteiger charge is -2.33. The zero-order chi connectivity index (χ0) is 38.9. The largest absolute Gasteiger partial charge is 0.310 e. The van der Waals surface area contributed by atoms with Crippen LogP contribution in [-0.4, -0.2) is 0 Å². The highest BCUT2D eigenvalue weighted by Crippen LogP contribution is 2.65. The van der Waals surface area contributed by atoms with Gasteiger partial charge in [0.2, 0.25) is 0 Å². The van der Waals surface area contributed by atoms with Crippen LogP contribution in [-0.2, 0) is 5.41 Å². The molecule has 0 heterocycles. The van der Waals surface area contributed by atoms with Crippen molar-refractivity contribution in [1.29, 1.82) is 0 Å². The molecule has 1 atom stereocenters. The highest BCUT2D eigenvalue weighted by molar-refractivity contribution is 6.12. The van der Waals surface area contributed by atoms with Crippen LogP contribution in [0.3, 0.4) is 0 Å². The van der Waals surface area contributed by atoms with Crippen LogP contribution >= 0.6 is 0 Å². The second-order valence-electron chi connectivity index (χ2n) is 15.6. The third kappa shape index (κ3) is 4.93. The molecule has 0 saturated carbocycles. The Morgan fingerprint density at radius 1 is 0.271 bits per heavy atom. The summed E-state index contributed by atoms with van der Waals surface area (Å²) < 4.78 is 0. The molecule has 0 amide bonds. The highest BCUT2D eigenvalue weighted by Gasteiger charge is 2.52. The van der Waals surface area contributed by atoms with Crippen LogP contribution in [0.4, 0.5) is 34.1 Å². The molecule has 0 bridgehead atoms. The molecule has 1 unspecified atom stereocenters. The highest BCUT2D eigenvalue weighted by atomic mass is 15.1. The minimum absolute atomic E-state index is 0.533. The Kier molecular flexibility index (Phi) is 7.48. The van der Waals surface area contributed by atoms with Gasteiger partial charge in [-0.2, -0.15) is 0 Å². The first-order valence-corrected chi connectivity index (χ1v) is 20.4. The first-order valence-electron chi connectivity index (χ1n) is 20.4. The number of fused-ring (bicyclic) bond motifs is 13. The maximum Gasteiger partial charge on any atom is 0.0726 e. The number of para-hydroxylation sites is 3. The minimum Gasteiger partial charge on any atom is -0.310 e. The Balaban J connectivity index is 1.15. The summed E-state index contributed by atoms with van der Waals surface area (Å²) in [4.78, 5) is 4.84. The molecule has 276 valence electrons. The summed E-state index contributed by atoms with van der Waals surface area (Å²) in [6, 6.07) is 84.8. The van der Waals surface area contributed by atoms with Crippen LogP contribution in [0.5, 0.6) is 0 Å². The lowest BCUT2D eigenvalue weighted by Crippen LogP contribution is -2.26. The molecule has 0 fully saturated rings. The third-order valence-electron chi connectivity index (χ3n) is 12.6. The van der Waals surface area contributed by atoms with Gasteiger partial charge in [-0.1, -0.05) is 164 Å². The summed E-state index contributed by atoms with van der Waals surface area (Å²) in [6.07, 6.45) is 0. The second kappa shape index (κ2) is 13.2. The Bertz CT molecular complexity index is 3190. The molecule has 0 saturated heterocycles. The quantitative estimate of drug-likeness (QED) is 0.167. The van der Waals surface area contributed by atoms with Crippen LogP contribution in [0, 0.1) is 0 Å². The first kappa shape index (κ1) is 33.5. The van der Waals surface area contributed by atoms with Crippen molar-refractivity contribution in [3.63, 3.8) is 0 Å².